The number of benzene rings is 1. The van der Waals surface area contributed by atoms with Gasteiger partial charge in [-0.25, -0.2) is 0 Å². The minimum atomic E-state index is -0.154. The van der Waals surface area contributed by atoms with E-state index in [0.717, 1.165) is 5.56 Å². The highest BCUT2D eigenvalue weighted by Gasteiger charge is 2.22. The Kier molecular flexibility index (Phi) is 4.39. The Morgan fingerprint density at radius 3 is 2.32 bits per heavy atom. The van der Waals surface area contributed by atoms with Gasteiger partial charge < -0.3 is 9.88 Å². The maximum absolute atomic E-state index is 12.3. The van der Waals surface area contributed by atoms with Crippen molar-refractivity contribution in [3.05, 3.63) is 60.4 Å². The van der Waals surface area contributed by atoms with Crippen LogP contribution in [0.25, 0.3) is 0 Å². The molecule has 19 heavy (non-hydrogen) atoms. The van der Waals surface area contributed by atoms with Crippen LogP contribution < -0.4 is 5.32 Å². The first-order chi connectivity index (χ1) is 9.18. The second-order valence-corrected chi connectivity index (χ2v) is 5.02. The van der Waals surface area contributed by atoms with Crippen molar-refractivity contribution in [2.24, 2.45) is 5.92 Å². The maximum atomic E-state index is 12.3. The summed E-state index contributed by atoms with van der Waals surface area (Å²) in [6.07, 6.45) is 3.87. The first kappa shape index (κ1) is 13.4. The van der Waals surface area contributed by atoms with Gasteiger partial charge in [-0.3, -0.25) is 4.79 Å². The average molecular weight is 256 g/mol. The van der Waals surface area contributed by atoms with Crippen molar-refractivity contribution in [1.82, 2.24) is 9.88 Å². The molecule has 2 aromatic rings. The van der Waals surface area contributed by atoms with Crippen molar-refractivity contribution in [3.63, 3.8) is 0 Å². The van der Waals surface area contributed by atoms with E-state index in [4.69, 9.17) is 0 Å². The Bertz CT molecular complexity index is 503. The number of hydrogen-bond donors (Lipinski definition) is 1. The quantitative estimate of drug-likeness (QED) is 0.876. The molecule has 0 saturated carbocycles. The van der Waals surface area contributed by atoms with Crippen molar-refractivity contribution >= 4 is 5.91 Å². The molecule has 0 aliphatic heterocycles. The highest BCUT2D eigenvalue weighted by molar-refractivity contribution is 5.80. The predicted octanol–water partition coefficient (Wildman–Crippen LogP) is 3.00. The van der Waals surface area contributed by atoms with Gasteiger partial charge in [0.1, 0.15) is 6.04 Å². The molecule has 0 aliphatic rings. The average Bonchev–Trinajstić information content (AvgIpc) is 2.91. The highest BCUT2D eigenvalue weighted by Crippen LogP contribution is 2.18. The molecule has 1 amide bonds. The number of nitrogens with zero attached hydrogens (tertiary/aromatic N) is 1. The summed E-state index contributed by atoms with van der Waals surface area (Å²) in [5.74, 6) is 0.318. The van der Waals surface area contributed by atoms with E-state index in [1.54, 1.807) is 0 Å². The van der Waals surface area contributed by atoms with Crippen LogP contribution in [-0.2, 0) is 11.3 Å². The third-order valence-corrected chi connectivity index (χ3v) is 3.16. The molecular weight excluding hydrogens is 236 g/mol. The van der Waals surface area contributed by atoms with Gasteiger partial charge in [-0.15, -0.1) is 0 Å². The standard InChI is InChI=1S/C16H20N2O/c1-13(2)15(18-10-6-7-11-18)16(19)17-12-14-8-4-3-5-9-14/h3-11,13,15H,12H2,1-2H3,(H,17,19)/t15-/m0/s1. The Hall–Kier alpha value is -2.03. The summed E-state index contributed by atoms with van der Waals surface area (Å²) in [6, 6.07) is 13.7. The van der Waals surface area contributed by atoms with Crippen LogP contribution in [0.2, 0.25) is 0 Å². The fourth-order valence-electron chi connectivity index (χ4n) is 2.21. The molecule has 0 bridgehead atoms. The number of hydrogen-bond acceptors (Lipinski definition) is 1. The summed E-state index contributed by atoms with van der Waals surface area (Å²) in [5.41, 5.74) is 1.12. The summed E-state index contributed by atoms with van der Waals surface area (Å²) in [6.45, 7) is 4.70. The Morgan fingerprint density at radius 1 is 1.11 bits per heavy atom. The summed E-state index contributed by atoms with van der Waals surface area (Å²) >= 11 is 0. The van der Waals surface area contributed by atoms with E-state index in [-0.39, 0.29) is 17.9 Å². The van der Waals surface area contributed by atoms with Crippen molar-refractivity contribution in [2.45, 2.75) is 26.4 Å². The van der Waals surface area contributed by atoms with Gasteiger partial charge in [-0.2, -0.15) is 0 Å². The summed E-state index contributed by atoms with van der Waals surface area (Å²) in [7, 11) is 0. The van der Waals surface area contributed by atoms with Gasteiger partial charge in [0.25, 0.3) is 0 Å². The van der Waals surface area contributed by atoms with Gasteiger partial charge >= 0.3 is 0 Å². The normalized spacial score (nSPS) is 12.4. The van der Waals surface area contributed by atoms with Crippen molar-refractivity contribution in [3.8, 4) is 0 Å². The maximum Gasteiger partial charge on any atom is 0.243 e. The van der Waals surface area contributed by atoms with Crippen LogP contribution >= 0.6 is 0 Å². The van der Waals surface area contributed by atoms with Gasteiger partial charge in [-0.05, 0) is 23.6 Å². The van der Waals surface area contributed by atoms with Crippen LogP contribution in [0.15, 0.2) is 54.9 Å². The molecule has 1 N–H and O–H groups in total. The number of carbonyl (C=O) groups excluding carboxylic acids is 1. The Balaban J connectivity index is 2.01. The third kappa shape index (κ3) is 3.47. The van der Waals surface area contributed by atoms with Crippen LogP contribution in [0.3, 0.4) is 0 Å². The molecular formula is C16H20N2O. The molecule has 0 aliphatic carbocycles. The largest absolute Gasteiger partial charge is 0.350 e. The lowest BCUT2D eigenvalue weighted by Gasteiger charge is -2.22. The lowest BCUT2D eigenvalue weighted by Crippen LogP contribution is -2.34. The lowest BCUT2D eigenvalue weighted by molar-refractivity contribution is -0.125. The van der Waals surface area contributed by atoms with Gasteiger partial charge in [0.15, 0.2) is 0 Å². The molecule has 1 aromatic carbocycles. The van der Waals surface area contributed by atoms with E-state index in [0.29, 0.717) is 6.54 Å². The first-order valence-electron chi connectivity index (χ1n) is 6.62. The first-order valence-corrected chi connectivity index (χ1v) is 6.62. The number of nitrogens with one attached hydrogen (secondary N) is 1. The SMILES string of the molecule is CC(C)[C@@H](C(=O)NCc1ccccc1)n1cccc1. The molecule has 0 saturated heterocycles. The molecule has 100 valence electrons. The molecule has 0 fully saturated rings. The number of amides is 1. The van der Waals surface area contributed by atoms with Gasteiger partial charge in [0, 0.05) is 18.9 Å². The second-order valence-electron chi connectivity index (χ2n) is 5.02. The monoisotopic (exact) mass is 256 g/mol. The zero-order chi connectivity index (χ0) is 13.7. The zero-order valence-electron chi connectivity index (χ0n) is 11.4. The van der Waals surface area contributed by atoms with E-state index < -0.39 is 0 Å². The molecule has 0 radical (unpaired) electrons. The van der Waals surface area contributed by atoms with Gasteiger partial charge in [0.05, 0.1) is 0 Å². The van der Waals surface area contributed by atoms with E-state index in [2.05, 4.69) is 19.2 Å². The summed E-state index contributed by atoms with van der Waals surface area (Å²) in [4.78, 5) is 12.3. The zero-order valence-corrected chi connectivity index (χ0v) is 11.4. The van der Waals surface area contributed by atoms with Crippen molar-refractivity contribution in [2.75, 3.05) is 0 Å². The molecule has 3 heteroatoms. The molecule has 1 aromatic heterocycles. The summed E-state index contributed by atoms with van der Waals surface area (Å²) < 4.78 is 1.96. The number of aromatic nitrogens is 1. The predicted molar refractivity (Wildman–Crippen MR) is 76.6 cm³/mol. The molecule has 1 heterocycles. The molecule has 3 nitrogen and oxygen atoms in total. The molecule has 0 spiro atoms. The van der Waals surface area contributed by atoms with Crippen LogP contribution in [0.5, 0.6) is 0 Å². The minimum Gasteiger partial charge on any atom is -0.350 e. The molecule has 0 unspecified atom stereocenters. The molecule has 1 atom stereocenters. The second kappa shape index (κ2) is 6.23. The van der Waals surface area contributed by atoms with E-state index >= 15 is 0 Å². The Labute approximate surface area is 114 Å². The van der Waals surface area contributed by atoms with E-state index in [1.165, 1.54) is 0 Å². The van der Waals surface area contributed by atoms with Gasteiger partial charge in [-0.1, -0.05) is 44.2 Å². The van der Waals surface area contributed by atoms with E-state index in [1.807, 2.05) is 59.4 Å². The number of carbonyl (C=O) groups is 1. The van der Waals surface area contributed by atoms with E-state index in [9.17, 15) is 4.79 Å². The smallest absolute Gasteiger partial charge is 0.243 e. The highest BCUT2D eigenvalue weighted by atomic mass is 16.2. The minimum absolute atomic E-state index is 0.0649. The summed E-state index contributed by atoms with van der Waals surface area (Å²) in [5, 5.41) is 3.01. The molecule has 2 rings (SSSR count). The fourth-order valence-corrected chi connectivity index (χ4v) is 2.21. The third-order valence-electron chi connectivity index (χ3n) is 3.16. The topological polar surface area (TPSA) is 34.0 Å². The Morgan fingerprint density at radius 2 is 1.74 bits per heavy atom. The van der Waals surface area contributed by atoms with Crippen LogP contribution in [0, 0.1) is 5.92 Å². The number of rotatable bonds is 5. The fraction of sp³-hybridized carbons (Fsp3) is 0.312. The lowest BCUT2D eigenvalue weighted by atomic mass is 10.0. The van der Waals surface area contributed by atoms with Crippen molar-refractivity contribution < 1.29 is 4.79 Å². The van der Waals surface area contributed by atoms with Crippen LogP contribution in [0.4, 0.5) is 0 Å². The van der Waals surface area contributed by atoms with Gasteiger partial charge in [0.2, 0.25) is 5.91 Å². The van der Waals surface area contributed by atoms with Crippen LogP contribution in [0.1, 0.15) is 25.5 Å². The van der Waals surface area contributed by atoms with Crippen LogP contribution in [-0.4, -0.2) is 10.5 Å². The van der Waals surface area contributed by atoms with Crippen molar-refractivity contribution in [1.29, 1.82) is 0 Å².